The SMILES string of the molecule is CCOc1cc(CNC[C@@H]2CCCN2CC)cc(Br)c1OCc1ccc(Cl)cc1. The van der Waals surface area contributed by atoms with Crippen LogP contribution in [-0.4, -0.2) is 37.2 Å². The van der Waals surface area contributed by atoms with Crippen molar-refractivity contribution in [3.63, 3.8) is 0 Å². The minimum absolute atomic E-state index is 0.460. The Morgan fingerprint density at radius 3 is 2.66 bits per heavy atom. The van der Waals surface area contributed by atoms with Crippen LogP contribution in [0.25, 0.3) is 0 Å². The Labute approximate surface area is 187 Å². The van der Waals surface area contributed by atoms with Crippen molar-refractivity contribution >= 4 is 27.5 Å². The van der Waals surface area contributed by atoms with Crippen molar-refractivity contribution in [2.24, 2.45) is 0 Å². The van der Waals surface area contributed by atoms with Crippen LogP contribution in [0, 0.1) is 0 Å². The van der Waals surface area contributed by atoms with Crippen molar-refractivity contribution in [1.29, 1.82) is 0 Å². The Morgan fingerprint density at radius 2 is 1.93 bits per heavy atom. The van der Waals surface area contributed by atoms with Gasteiger partial charge in [-0.25, -0.2) is 0 Å². The average Bonchev–Trinajstić information content (AvgIpc) is 3.16. The van der Waals surface area contributed by atoms with Crippen LogP contribution in [0.15, 0.2) is 40.9 Å². The van der Waals surface area contributed by atoms with Gasteiger partial charge in [0.2, 0.25) is 0 Å². The van der Waals surface area contributed by atoms with E-state index in [1.807, 2.05) is 31.2 Å². The summed E-state index contributed by atoms with van der Waals surface area (Å²) in [5, 5.41) is 4.34. The van der Waals surface area contributed by atoms with Gasteiger partial charge in [0.25, 0.3) is 0 Å². The monoisotopic (exact) mass is 480 g/mol. The number of nitrogens with one attached hydrogen (secondary N) is 1. The first-order valence-corrected chi connectivity index (χ1v) is 11.5. The molecule has 158 valence electrons. The third-order valence-corrected chi connectivity index (χ3v) is 6.12. The molecule has 0 amide bonds. The number of nitrogens with zero attached hydrogens (tertiary/aromatic N) is 1. The number of hydrogen-bond acceptors (Lipinski definition) is 4. The molecule has 0 unspecified atom stereocenters. The zero-order valence-corrected chi connectivity index (χ0v) is 19.6. The molecule has 2 aromatic carbocycles. The van der Waals surface area contributed by atoms with Gasteiger partial charge in [0.1, 0.15) is 6.61 Å². The second-order valence-electron chi connectivity index (χ2n) is 7.31. The van der Waals surface area contributed by atoms with Crippen molar-refractivity contribution in [2.75, 3.05) is 26.2 Å². The normalized spacial score (nSPS) is 16.9. The molecule has 0 radical (unpaired) electrons. The number of likely N-dealkylation sites (N-methyl/N-ethyl adjacent to an activating group) is 1. The molecule has 1 saturated heterocycles. The van der Waals surface area contributed by atoms with Crippen LogP contribution in [0.4, 0.5) is 0 Å². The molecular weight excluding hydrogens is 452 g/mol. The summed E-state index contributed by atoms with van der Waals surface area (Å²) >= 11 is 9.63. The molecule has 0 saturated carbocycles. The minimum Gasteiger partial charge on any atom is -0.490 e. The number of rotatable bonds is 10. The molecule has 2 aromatic rings. The van der Waals surface area contributed by atoms with Crippen LogP contribution in [-0.2, 0) is 13.2 Å². The van der Waals surface area contributed by atoms with Gasteiger partial charge in [0.05, 0.1) is 11.1 Å². The zero-order valence-electron chi connectivity index (χ0n) is 17.2. The lowest BCUT2D eigenvalue weighted by Crippen LogP contribution is -2.37. The molecule has 0 spiro atoms. The summed E-state index contributed by atoms with van der Waals surface area (Å²) in [7, 11) is 0. The topological polar surface area (TPSA) is 33.7 Å². The standard InChI is InChI=1S/C23H30BrClN2O2/c1-3-27-11-5-6-20(27)15-26-14-18-12-21(24)23(22(13-18)28-4-2)29-16-17-7-9-19(25)10-8-17/h7-10,12-13,20,26H,3-6,11,14-16H2,1-2H3/t20-/m0/s1. The lowest BCUT2D eigenvalue weighted by molar-refractivity contribution is 0.259. The molecule has 3 rings (SSSR count). The number of ether oxygens (including phenoxy) is 2. The van der Waals surface area contributed by atoms with E-state index < -0.39 is 0 Å². The maximum absolute atomic E-state index is 6.07. The van der Waals surface area contributed by atoms with Crippen molar-refractivity contribution in [3.05, 3.63) is 57.0 Å². The van der Waals surface area contributed by atoms with E-state index in [1.54, 1.807) is 0 Å². The van der Waals surface area contributed by atoms with Crippen LogP contribution in [0.3, 0.4) is 0 Å². The Morgan fingerprint density at radius 1 is 1.14 bits per heavy atom. The van der Waals surface area contributed by atoms with Crippen molar-refractivity contribution in [1.82, 2.24) is 10.2 Å². The maximum atomic E-state index is 6.07. The van der Waals surface area contributed by atoms with Crippen LogP contribution in [0.2, 0.25) is 5.02 Å². The Bertz CT molecular complexity index is 785. The summed E-state index contributed by atoms with van der Waals surface area (Å²) < 4.78 is 12.8. The summed E-state index contributed by atoms with van der Waals surface area (Å²) in [6, 6.07) is 12.5. The van der Waals surface area contributed by atoms with E-state index in [0.29, 0.717) is 19.3 Å². The Kier molecular flexibility index (Phi) is 8.67. The highest BCUT2D eigenvalue weighted by atomic mass is 79.9. The fourth-order valence-electron chi connectivity index (χ4n) is 3.79. The van der Waals surface area contributed by atoms with E-state index in [-0.39, 0.29) is 0 Å². The van der Waals surface area contributed by atoms with E-state index in [1.165, 1.54) is 24.9 Å². The molecule has 1 aliphatic rings. The van der Waals surface area contributed by atoms with E-state index >= 15 is 0 Å². The Balaban J connectivity index is 1.63. The highest BCUT2D eigenvalue weighted by Gasteiger charge is 2.22. The van der Waals surface area contributed by atoms with Gasteiger partial charge >= 0.3 is 0 Å². The van der Waals surface area contributed by atoms with Crippen molar-refractivity contribution in [2.45, 2.75) is 45.9 Å². The van der Waals surface area contributed by atoms with Gasteiger partial charge in [-0.3, -0.25) is 4.90 Å². The maximum Gasteiger partial charge on any atom is 0.175 e. The number of likely N-dealkylation sites (tertiary alicyclic amines) is 1. The van der Waals surface area contributed by atoms with Gasteiger partial charge in [0.15, 0.2) is 11.5 Å². The average molecular weight is 482 g/mol. The second-order valence-corrected chi connectivity index (χ2v) is 8.60. The molecular formula is C23H30BrClN2O2. The summed E-state index contributed by atoms with van der Waals surface area (Å²) in [5.41, 5.74) is 2.24. The highest BCUT2D eigenvalue weighted by Crippen LogP contribution is 2.37. The third-order valence-electron chi connectivity index (χ3n) is 5.28. The molecule has 6 heteroatoms. The minimum atomic E-state index is 0.460. The predicted octanol–water partition coefficient (Wildman–Crippen LogP) is 5.65. The summed E-state index contributed by atoms with van der Waals surface area (Å²) in [6.45, 7) is 9.47. The lowest BCUT2D eigenvalue weighted by Gasteiger charge is -2.23. The fraction of sp³-hybridized carbons (Fsp3) is 0.478. The van der Waals surface area contributed by atoms with Crippen LogP contribution < -0.4 is 14.8 Å². The van der Waals surface area contributed by atoms with Gasteiger partial charge < -0.3 is 14.8 Å². The van der Waals surface area contributed by atoms with E-state index in [2.05, 4.69) is 45.2 Å². The quantitative estimate of drug-likeness (QED) is 0.475. The Hall–Kier alpha value is -1.27. The van der Waals surface area contributed by atoms with Gasteiger partial charge in [0, 0.05) is 24.2 Å². The molecule has 1 heterocycles. The molecule has 1 aliphatic heterocycles. The fourth-order valence-corrected chi connectivity index (χ4v) is 4.52. The lowest BCUT2D eigenvalue weighted by atomic mass is 10.1. The van der Waals surface area contributed by atoms with E-state index in [9.17, 15) is 0 Å². The zero-order chi connectivity index (χ0) is 20.6. The van der Waals surface area contributed by atoms with Gasteiger partial charge in [-0.1, -0.05) is 30.7 Å². The summed E-state index contributed by atoms with van der Waals surface area (Å²) in [4.78, 5) is 2.56. The highest BCUT2D eigenvalue weighted by molar-refractivity contribution is 9.10. The summed E-state index contributed by atoms with van der Waals surface area (Å²) in [6.07, 6.45) is 2.59. The smallest absolute Gasteiger partial charge is 0.175 e. The van der Waals surface area contributed by atoms with Gasteiger partial charge in [-0.15, -0.1) is 0 Å². The number of hydrogen-bond donors (Lipinski definition) is 1. The molecule has 1 fully saturated rings. The summed E-state index contributed by atoms with van der Waals surface area (Å²) in [5.74, 6) is 1.50. The van der Waals surface area contributed by atoms with Gasteiger partial charge in [-0.05, 0) is 84.2 Å². The number of benzene rings is 2. The van der Waals surface area contributed by atoms with E-state index in [4.69, 9.17) is 21.1 Å². The first-order valence-electron chi connectivity index (χ1n) is 10.4. The second kappa shape index (κ2) is 11.2. The first-order chi connectivity index (χ1) is 14.1. The molecule has 1 atom stereocenters. The molecule has 29 heavy (non-hydrogen) atoms. The van der Waals surface area contributed by atoms with Crippen molar-refractivity contribution < 1.29 is 9.47 Å². The molecule has 0 bridgehead atoms. The molecule has 1 N–H and O–H groups in total. The predicted molar refractivity (Wildman–Crippen MR) is 123 cm³/mol. The third kappa shape index (κ3) is 6.35. The largest absolute Gasteiger partial charge is 0.490 e. The van der Waals surface area contributed by atoms with Crippen LogP contribution >= 0.6 is 27.5 Å². The van der Waals surface area contributed by atoms with Crippen LogP contribution in [0.5, 0.6) is 11.5 Å². The van der Waals surface area contributed by atoms with E-state index in [0.717, 1.165) is 46.2 Å². The van der Waals surface area contributed by atoms with Gasteiger partial charge in [-0.2, -0.15) is 0 Å². The molecule has 0 aromatic heterocycles. The molecule has 4 nitrogen and oxygen atoms in total. The van der Waals surface area contributed by atoms with Crippen LogP contribution in [0.1, 0.15) is 37.8 Å². The first kappa shape index (κ1) is 22.4. The molecule has 0 aliphatic carbocycles. The number of halogens is 2. The van der Waals surface area contributed by atoms with Crippen molar-refractivity contribution in [3.8, 4) is 11.5 Å².